The minimum atomic E-state index is -0.108. The molecule has 0 radical (unpaired) electrons. The van der Waals surface area contributed by atoms with Crippen LogP contribution in [0.2, 0.25) is 0 Å². The SMILES string of the molecule is C=C(CBr)C(=O)N[C@H](C)c1ccccc1. The molecule has 1 amide bonds. The second kappa shape index (κ2) is 5.71. The maximum Gasteiger partial charge on any atom is 0.247 e. The molecule has 80 valence electrons. The van der Waals surface area contributed by atoms with Gasteiger partial charge in [-0.15, -0.1) is 0 Å². The molecule has 0 spiro atoms. The highest BCUT2D eigenvalue weighted by atomic mass is 79.9. The van der Waals surface area contributed by atoms with Crippen molar-refractivity contribution in [2.24, 2.45) is 0 Å². The van der Waals surface area contributed by atoms with Gasteiger partial charge in [0.2, 0.25) is 5.91 Å². The molecule has 0 aromatic heterocycles. The maximum absolute atomic E-state index is 11.5. The van der Waals surface area contributed by atoms with Crippen molar-refractivity contribution >= 4 is 21.8 Å². The molecule has 0 saturated carbocycles. The molecule has 0 fully saturated rings. The molecule has 1 aromatic rings. The van der Waals surface area contributed by atoms with Gasteiger partial charge in [-0.2, -0.15) is 0 Å². The number of alkyl halides is 1. The average Bonchev–Trinajstić information content (AvgIpc) is 2.29. The van der Waals surface area contributed by atoms with Crippen molar-refractivity contribution in [3.8, 4) is 0 Å². The third-order valence-corrected chi connectivity index (χ3v) is 2.81. The molecule has 0 aliphatic carbocycles. The van der Waals surface area contributed by atoms with Crippen LogP contribution >= 0.6 is 15.9 Å². The number of nitrogens with one attached hydrogen (secondary N) is 1. The summed E-state index contributed by atoms with van der Waals surface area (Å²) in [4.78, 5) is 11.5. The predicted molar refractivity (Wildman–Crippen MR) is 65.9 cm³/mol. The third kappa shape index (κ3) is 3.51. The fourth-order valence-corrected chi connectivity index (χ4v) is 1.44. The van der Waals surface area contributed by atoms with Crippen LogP contribution in [-0.2, 0) is 4.79 Å². The first-order valence-corrected chi connectivity index (χ1v) is 5.87. The molecule has 15 heavy (non-hydrogen) atoms. The summed E-state index contributed by atoms with van der Waals surface area (Å²) >= 11 is 3.20. The molecule has 0 unspecified atom stereocenters. The number of carbonyl (C=O) groups excluding carboxylic acids is 1. The summed E-state index contributed by atoms with van der Waals surface area (Å²) in [7, 11) is 0. The van der Waals surface area contributed by atoms with E-state index in [0.29, 0.717) is 10.9 Å². The Labute approximate surface area is 98.5 Å². The average molecular weight is 268 g/mol. The summed E-state index contributed by atoms with van der Waals surface area (Å²) in [6, 6.07) is 9.85. The number of hydrogen-bond acceptors (Lipinski definition) is 1. The number of halogens is 1. The van der Waals surface area contributed by atoms with Crippen molar-refractivity contribution in [2.75, 3.05) is 5.33 Å². The Bertz CT molecular complexity index is 348. The standard InChI is InChI=1S/C12H14BrNO/c1-9(8-13)12(15)14-10(2)11-6-4-3-5-7-11/h3-7,10H,1,8H2,2H3,(H,14,15)/t10-/m1/s1. The van der Waals surface area contributed by atoms with Crippen LogP contribution in [0.15, 0.2) is 42.5 Å². The number of amides is 1. The van der Waals surface area contributed by atoms with E-state index in [9.17, 15) is 4.79 Å². The van der Waals surface area contributed by atoms with Crippen molar-refractivity contribution in [1.29, 1.82) is 0 Å². The highest BCUT2D eigenvalue weighted by molar-refractivity contribution is 9.09. The Hall–Kier alpha value is -1.09. The van der Waals surface area contributed by atoms with E-state index in [1.54, 1.807) is 0 Å². The van der Waals surface area contributed by atoms with E-state index >= 15 is 0 Å². The molecule has 1 rings (SSSR count). The minimum absolute atomic E-state index is 0.00880. The molecule has 1 N–H and O–H groups in total. The zero-order valence-corrected chi connectivity index (χ0v) is 10.3. The molecule has 0 aliphatic heterocycles. The van der Waals surface area contributed by atoms with Crippen LogP contribution in [0.1, 0.15) is 18.5 Å². The summed E-state index contributed by atoms with van der Waals surface area (Å²) in [5.41, 5.74) is 1.63. The normalized spacial score (nSPS) is 11.9. The number of rotatable bonds is 4. The Kier molecular flexibility index (Phi) is 4.56. The Balaban J connectivity index is 2.60. The van der Waals surface area contributed by atoms with Crippen molar-refractivity contribution in [3.05, 3.63) is 48.0 Å². The molecule has 1 atom stereocenters. The van der Waals surface area contributed by atoms with Crippen LogP contribution in [0.3, 0.4) is 0 Å². The fraction of sp³-hybridized carbons (Fsp3) is 0.250. The lowest BCUT2D eigenvalue weighted by molar-refractivity contribution is -0.118. The first-order valence-electron chi connectivity index (χ1n) is 4.74. The highest BCUT2D eigenvalue weighted by Gasteiger charge is 2.10. The Morgan fingerprint density at radius 1 is 1.47 bits per heavy atom. The number of hydrogen-bond donors (Lipinski definition) is 1. The van der Waals surface area contributed by atoms with Gasteiger partial charge in [0, 0.05) is 10.9 Å². The van der Waals surface area contributed by atoms with Crippen LogP contribution in [0.25, 0.3) is 0 Å². The smallest absolute Gasteiger partial charge is 0.247 e. The Morgan fingerprint density at radius 3 is 2.60 bits per heavy atom. The zero-order chi connectivity index (χ0) is 11.3. The van der Waals surface area contributed by atoms with E-state index < -0.39 is 0 Å². The van der Waals surface area contributed by atoms with Gasteiger partial charge in [-0.1, -0.05) is 52.8 Å². The van der Waals surface area contributed by atoms with Gasteiger partial charge >= 0.3 is 0 Å². The van der Waals surface area contributed by atoms with E-state index in [1.807, 2.05) is 37.3 Å². The predicted octanol–water partition coefficient (Wildman–Crippen LogP) is 2.81. The first kappa shape index (κ1) is 12.0. The van der Waals surface area contributed by atoms with E-state index in [2.05, 4.69) is 27.8 Å². The number of benzene rings is 1. The lowest BCUT2D eigenvalue weighted by atomic mass is 10.1. The lowest BCUT2D eigenvalue weighted by Gasteiger charge is -2.14. The summed E-state index contributed by atoms with van der Waals surface area (Å²) in [5.74, 6) is -0.108. The fourth-order valence-electron chi connectivity index (χ4n) is 1.18. The van der Waals surface area contributed by atoms with E-state index in [0.717, 1.165) is 5.56 Å². The van der Waals surface area contributed by atoms with E-state index in [-0.39, 0.29) is 11.9 Å². The van der Waals surface area contributed by atoms with Crippen LogP contribution in [-0.4, -0.2) is 11.2 Å². The second-order valence-corrected chi connectivity index (χ2v) is 3.90. The third-order valence-electron chi connectivity index (χ3n) is 2.13. The second-order valence-electron chi connectivity index (χ2n) is 3.34. The molecular formula is C12H14BrNO. The van der Waals surface area contributed by atoms with Gasteiger partial charge in [0.1, 0.15) is 0 Å². The van der Waals surface area contributed by atoms with Crippen molar-refractivity contribution in [2.45, 2.75) is 13.0 Å². The molecular weight excluding hydrogens is 254 g/mol. The summed E-state index contributed by atoms with van der Waals surface area (Å²) < 4.78 is 0. The minimum Gasteiger partial charge on any atom is -0.346 e. The Morgan fingerprint density at radius 2 is 2.07 bits per heavy atom. The van der Waals surface area contributed by atoms with Crippen molar-refractivity contribution in [3.63, 3.8) is 0 Å². The molecule has 0 heterocycles. The van der Waals surface area contributed by atoms with Gasteiger partial charge in [-0.3, -0.25) is 4.79 Å². The van der Waals surface area contributed by atoms with Gasteiger partial charge < -0.3 is 5.32 Å². The zero-order valence-electron chi connectivity index (χ0n) is 8.66. The number of carbonyl (C=O) groups is 1. The van der Waals surface area contributed by atoms with Gasteiger partial charge in [-0.05, 0) is 12.5 Å². The van der Waals surface area contributed by atoms with Crippen LogP contribution in [0, 0.1) is 0 Å². The summed E-state index contributed by atoms with van der Waals surface area (Å²) in [5, 5.41) is 3.38. The van der Waals surface area contributed by atoms with Crippen molar-refractivity contribution < 1.29 is 4.79 Å². The van der Waals surface area contributed by atoms with E-state index in [4.69, 9.17) is 0 Å². The molecule has 1 aromatic carbocycles. The van der Waals surface area contributed by atoms with Gasteiger partial charge in [0.05, 0.1) is 6.04 Å². The molecule has 0 aliphatic rings. The molecule has 0 saturated heterocycles. The van der Waals surface area contributed by atoms with Crippen LogP contribution in [0.4, 0.5) is 0 Å². The highest BCUT2D eigenvalue weighted by Crippen LogP contribution is 2.11. The molecule has 3 heteroatoms. The van der Waals surface area contributed by atoms with Gasteiger partial charge in [-0.25, -0.2) is 0 Å². The van der Waals surface area contributed by atoms with Gasteiger partial charge in [0.25, 0.3) is 0 Å². The monoisotopic (exact) mass is 267 g/mol. The quantitative estimate of drug-likeness (QED) is 0.660. The van der Waals surface area contributed by atoms with E-state index in [1.165, 1.54) is 0 Å². The maximum atomic E-state index is 11.5. The van der Waals surface area contributed by atoms with Crippen molar-refractivity contribution in [1.82, 2.24) is 5.32 Å². The van der Waals surface area contributed by atoms with Crippen LogP contribution in [0.5, 0.6) is 0 Å². The molecule has 0 bridgehead atoms. The summed E-state index contributed by atoms with van der Waals surface area (Å²) in [6.07, 6.45) is 0. The van der Waals surface area contributed by atoms with Gasteiger partial charge in [0.15, 0.2) is 0 Å². The lowest BCUT2D eigenvalue weighted by Crippen LogP contribution is -2.28. The first-order chi connectivity index (χ1) is 7.15. The molecule has 2 nitrogen and oxygen atoms in total. The summed E-state index contributed by atoms with van der Waals surface area (Å²) in [6.45, 7) is 5.61. The topological polar surface area (TPSA) is 29.1 Å². The van der Waals surface area contributed by atoms with Crippen LogP contribution < -0.4 is 5.32 Å². The largest absolute Gasteiger partial charge is 0.346 e.